The topological polar surface area (TPSA) is 69.7 Å². The van der Waals surface area contributed by atoms with E-state index in [4.69, 9.17) is 0 Å². The van der Waals surface area contributed by atoms with E-state index in [1.165, 1.54) is 4.90 Å². The van der Waals surface area contributed by atoms with Crippen molar-refractivity contribution < 1.29 is 14.4 Å². The normalized spacial score (nSPS) is 21.0. The van der Waals surface area contributed by atoms with Crippen molar-refractivity contribution in [2.75, 3.05) is 13.1 Å². The Morgan fingerprint density at radius 1 is 1.13 bits per heavy atom. The number of nitrogens with zero attached hydrogens (tertiary/aromatic N) is 2. The first kappa shape index (κ1) is 15.5. The molecule has 1 atom stereocenters. The van der Waals surface area contributed by atoms with Crippen molar-refractivity contribution in [3.05, 3.63) is 35.9 Å². The number of hydrogen-bond acceptors (Lipinski definition) is 3. The van der Waals surface area contributed by atoms with E-state index in [2.05, 4.69) is 5.32 Å². The molecule has 2 heterocycles. The van der Waals surface area contributed by atoms with Gasteiger partial charge in [0.2, 0.25) is 5.91 Å². The molecule has 23 heavy (non-hydrogen) atoms. The number of likely N-dealkylation sites (tertiary alicyclic amines) is 1. The van der Waals surface area contributed by atoms with Crippen LogP contribution in [0.5, 0.6) is 0 Å². The van der Waals surface area contributed by atoms with E-state index in [0.717, 1.165) is 31.5 Å². The molecular formula is C17H21N3O3. The largest absolute Gasteiger partial charge is 0.343 e. The van der Waals surface area contributed by atoms with Crippen LogP contribution in [0.1, 0.15) is 31.2 Å². The Morgan fingerprint density at radius 2 is 1.83 bits per heavy atom. The molecule has 3 rings (SSSR count). The van der Waals surface area contributed by atoms with E-state index in [1.54, 1.807) is 0 Å². The summed E-state index contributed by atoms with van der Waals surface area (Å²) in [5, 5.41) is 2.69. The summed E-state index contributed by atoms with van der Waals surface area (Å²) in [6.45, 7) is 1.88. The zero-order valence-electron chi connectivity index (χ0n) is 13.0. The molecule has 0 bridgehead atoms. The summed E-state index contributed by atoms with van der Waals surface area (Å²) in [5.74, 6) is -0.167. The second-order valence-corrected chi connectivity index (χ2v) is 6.04. The Hall–Kier alpha value is -2.37. The minimum absolute atomic E-state index is 0.0751. The van der Waals surface area contributed by atoms with Crippen LogP contribution in [0.25, 0.3) is 0 Å². The maximum Gasteiger partial charge on any atom is 0.325 e. The average Bonchev–Trinajstić information content (AvgIpc) is 3.18. The van der Waals surface area contributed by atoms with Crippen LogP contribution in [-0.2, 0) is 16.1 Å². The molecule has 0 spiro atoms. The number of carbonyl (C=O) groups is 3. The van der Waals surface area contributed by atoms with Crippen LogP contribution in [0, 0.1) is 0 Å². The Kier molecular flexibility index (Phi) is 4.60. The molecule has 2 fully saturated rings. The van der Waals surface area contributed by atoms with Crippen molar-refractivity contribution in [1.82, 2.24) is 15.1 Å². The molecule has 2 aliphatic heterocycles. The van der Waals surface area contributed by atoms with E-state index in [-0.39, 0.29) is 24.4 Å². The monoisotopic (exact) mass is 315 g/mol. The van der Waals surface area contributed by atoms with Gasteiger partial charge in [-0.1, -0.05) is 30.3 Å². The van der Waals surface area contributed by atoms with E-state index in [0.29, 0.717) is 12.8 Å². The highest BCUT2D eigenvalue weighted by Crippen LogP contribution is 2.16. The van der Waals surface area contributed by atoms with Crippen molar-refractivity contribution in [3.63, 3.8) is 0 Å². The molecule has 1 aromatic rings. The minimum atomic E-state index is -0.585. The molecule has 0 saturated carbocycles. The molecule has 2 saturated heterocycles. The predicted octanol–water partition coefficient (Wildman–Crippen LogP) is 1.51. The van der Waals surface area contributed by atoms with Crippen molar-refractivity contribution >= 4 is 17.8 Å². The van der Waals surface area contributed by atoms with Crippen LogP contribution in [0.2, 0.25) is 0 Å². The molecule has 6 nitrogen and oxygen atoms in total. The van der Waals surface area contributed by atoms with Gasteiger partial charge in [-0.25, -0.2) is 4.79 Å². The fourth-order valence-electron chi connectivity index (χ4n) is 3.08. The molecule has 4 amide bonds. The molecular weight excluding hydrogens is 294 g/mol. The van der Waals surface area contributed by atoms with E-state index in [1.807, 2.05) is 35.2 Å². The SMILES string of the molecule is O=C(CC[C@H]1NC(=O)N(Cc2ccccc2)C1=O)N1CCCC1. The first-order valence-corrected chi connectivity index (χ1v) is 8.09. The Bertz CT molecular complexity index is 596. The first-order chi connectivity index (χ1) is 11.1. The van der Waals surface area contributed by atoms with E-state index >= 15 is 0 Å². The van der Waals surface area contributed by atoms with Gasteiger partial charge in [0.15, 0.2) is 0 Å². The lowest BCUT2D eigenvalue weighted by Crippen LogP contribution is -2.33. The van der Waals surface area contributed by atoms with Gasteiger partial charge in [0.05, 0.1) is 6.54 Å². The second-order valence-electron chi connectivity index (χ2n) is 6.04. The van der Waals surface area contributed by atoms with Crippen molar-refractivity contribution in [3.8, 4) is 0 Å². The third kappa shape index (κ3) is 3.52. The van der Waals surface area contributed by atoms with Gasteiger partial charge in [0.25, 0.3) is 5.91 Å². The van der Waals surface area contributed by atoms with Crippen molar-refractivity contribution in [1.29, 1.82) is 0 Å². The summed E-state index contributed by atoms with van der Waals surface area (Å²) < 4.78 is 0. The average molecular weight is 315 g/mol. The van der Waals surface area contributed by atoms with Gasteiger partial charge in [0.1, 0.15) is 6.04 Å². The number of imide groups is 1. The van der Waals surface area contributed by atoms with Gasteiger partial charge in [-0.3, -0.25) is 14.5 Å². The highest BCUT2D eigenvalue weighted by molar-refractivity contribution is 6.04. The molecule has 0 aliphatic carbocycles. The lowest BCUT2D eigenvalue weighted by molar-refractivity contribution is -0.131. The van der Waals surface area contributed by atoms with Gasteiger partial charge in [-0.15, -0.1) is 0 Å². The van der Waals surface area contributed by atoms with Crippen LogP contribution in [0.15, 0.2) is 30.3 Å². The highest BCUT2D eigenvalue weighted by Gasteiger charge is 2.38. The number of amides is 4. The predicted molar refractivity (Wildman–Crippen MR) is 84.4 cm³/mol. The second kappa shape index (κ2) is 6.81. The summed E-state index contributed by atoms with van der Waals surface area (Å²) in [4.78, 5) is 39.5. The fourth-order valence-corrected chi connectivity index (χ4v) is 3.08. The number of carbonyl (C=O) groups excluding carboxylic acids is 3. The minimum Gasteiger partial charge on any atom is -0.343 e. The van der Waals surface area contributed by atoms with Gasteiger partial charge in [-0.2, -0.15) is 0 Å². The zero-order valence-corrected chi connectivity index (χ0v) is 13.0. The Labute approximate surface area is 135 Å². The third-order valence-electron chi connectivity index (χ3n) is 4.40. The molecule has 0 aromatic heterocycles. The fraction of sp³-hybridized carbons (Fsp3) is 0.471. The van der Waals surface area contributed by atoms with Crippen molar-refractivity contribution in [2.45, 2.75) is 38.3 Å². The molecule has 0 unspecified atom stereocenters. The number of hydrogen-bond donors (Lipinski definition) is 1. The zero-order chi connectivity index (χ0) is 16.2. The number of urea groups is 1. The summed E-state index contributed by atoms with van der Waals surface area (Å²) in [7, 11) is 0. The lowest BCUT2D eigenvalue weighted by atomic mass is 10.1. The van der Waals surface area contributed by atoms with Crippen LogP contribution in [0.3, 0.4) is 0 Å². The molecule has 0 radical (unpaired) electrons. The van der Waals surface area contributed by atoms with Crippen molar-refractivity contribution in [2.24, 2.45) is 0 Å². The van der Waals surface area contributed by atoms with Crippen LogP contribution < -0.4 is 5.32 Å². The number of benzene rings is 1. The smallest absolute Gasteiger partial charge is 0.325 e. The molecule has 122 valence electrons. The molecule has 1 N–H and O–H groups in total. The number of rotatable bonds is 5. The van der Waals surface area contributed by atoms with Gasteiger partial charge in [-0.05, 0) is 24.8 Å². The van der Waals surface area contributed by atoms with Gasteiger partial charge >= 0.3 is 6.03 Å². The van der Waals surface area contributed by atoms with E-state index < -0.39 is 6.04 Å². The van der Waals surface area contributed by atoms with Crippen LogP contribution in [0.4, 0.5) is 4.79 Å². The Balaban J connectivity index is 1.54. The number of nitrogens with one attached hydrogen (secondary N) is 1. The summed E-state index contributed by atoms with van der Waals surface area (Å²) in [6, 6.07) is 8.44. The standard InChI is InChI=1S/C17H21N3O3/c21-15(19-10-4-5-11-19)9-8-14-16(22)20(17(23)18-14)12-13-6-2-1-3-7-13/h1-3,6-7,14H,4-5,8-12H2,(H,18,23)/t14-/m1/s1. The lowest BCUT2D eigenvalue weighted by Gasteiger charge is -2.16. The Morgan fingerprint density at radius 3 is 2.52 bits per heavy atom. The molecule has 2 aliphatic rings. The summed E-state index contributed by atoms with van der Waals surface area (Å²) in [5.41, 5.74) is 0.907. The first-order valence-electron chi connectivity index (χ1n) is 8.09. The quantitative estimate of drug-likeness (QED) is 0.837. The molecule has 6 heteroatoms. The van der Waals surface area contributed by atoms with Crippen LogP contribution in [-0.4, -0.2) is 46.8 Å². The molecule has 1 aromatic carbocycles. The highest BCUT2D eigenvalue weighted by atomic mass is 16.2. The third-order valence-corrected chi connectivity index (χ3v) is 4.40. The van der Waals surface area contributed by atoms with Gasteiger partial charge in [0, 0.05) is 19.5 Å². The maximum atomic E-state index is 12.4. The summed E-state index contributed by atoms with van der Waals surface area (Å²) in [6.07, 6.45) is 2.77. The van der Waals surface area contributed by atoms with Gasteiger partial charge < -0.3 is 10.2 Å². The van der Waals surface area contributed by atoms with E-state index in [9.17, 15) is 14.4 Å². The van der Waals surface area contributed by atoms with Crippen LogP contribution >= 0.6 is 0 Å². The summed E-state index contributed by atoms with van der Waals surface area (Å²) >= 11 is 0. The maximum absolute atomic E-state index is 12.4.